The van der Waals surface area contributed by atoms with Crippen molar-refractivity contribution in [2.75, 3.05) is 37.7 Å². The Morgan fingerprint density at radius 1 is 0.941 bits per heavy atom. The van der Waals surface area contributed by atoms with Gasteiger partial charge >= 0.3 is 0 Å². The highest BCUT2D eigenvalue weighted by atomic mass is 19.1. The molecule has 1 saturated heterocycles. The highest BCUT2D eigenvalue weighted by Crippen LogP contribution is 2.28. The summed E-state index contributed by atoms with van der Waals surface area (Å²) in [7, 11) is 0. The summed E-state index contributed by atoms with van der Waals surface area (Å²) in [6, 6.07) is 8.86. The van der Waals surface area contributed by atoms with Crippen molar-refractivity contribution in [3.05, 3.63) is 64.7 Å². The molecule has 0 spiro atoms. The first-order valence-electron chi connectivity index (χ1n) is 11.9. The zero-order valence-corrected chi connectivity index (χ0v) is 19.1. The lowest BCUT2D eigenvalue weighted by Crippen LogP contribution is -2.51. The van der Waals surface area contributed by atoms with Crippen LogP contribution in [0, 0.1) is 17.6 Å². The fourth-order valence-corrected chi connectivity index (χ4v) is 5.14. The second-order valence-corrected chi connectivity index (χ2v) is 9.26. The Kier molecular flexibility index (Phi) is 6.30. The van der Waals surface area contributed by atoms with Gasteiger partial charge in [-0.05, 0) is 49.2 Å². The number of fused-ring (bicyclic) bond motifs is 1. The minimum atomic E-state index is -0.401. The zero-order valence-electron chi connectivity index (χ0n) is 19.1. The van der Waals surface area contributed by atoms with Crippen LogP contribution in [0.25, 0.3) is 0 Å². The minimum absolute atomic E-state index is 0.141. The molecular formula is C26H28F2N4O2. The van der Waals surface area contributed by atoms with Crippen molar-refractivity contribution in [2.45, 2.75) is 32.2 Å². The van der Waals surface area contributed by atoms with Gasteiger partial charge in [-0.15, -0.1) is 0 Å². The maximum atomic E-state index is 14.7. The van der Waals surface area contributed by atoms with Crippen LogP contribution in [-0.4, -0.2) is 60.7 Å². The molecule has 0 N–H and O–H groups in total. The van der Waals surface area contributed by atoms with Crippen molar-refractivity contribution < 1.29 is 18.4 Å². The SMILES string of the molecule is O=C(c1ccc(F)c(CN2CN=Cc3cc(F)ccc32)c1)N1CCN(C(=O)C2CCCC2)CC1. The van der Waals surface area contributed by atoms with Crippen molar-refractivity contribution >= 4 is 23.7 Å². The fourth-order valence-electron chi connectivity index (χ4n) is 5.14. The van der Waals surface area contributed by atoms with Crippen LogP contribution in [0.1, 0.15) is 47.2 Å². The highest BCUT2D eigenvalue weighted by Gasteiger charge is 2.31. The van der Waals surface area contributed by atoms with E-state index in [1.54, 1.807) is 23.2 Å². The third-order valence-electron chi connectivity index (χ3n) is 7.05. The topological polar surface area (TPSA) is 56.2 Å². The predicted molar refractivity (Wildman–Crippen MR) is 126 cm³/mol. The van der Waals surface area contributed by atoms with Gasteiger partial charge in [0.05, 0.1) is 0 Å². The van der Waals surface area contributed by atoms with Gasteiger partial charge in [0, 0.05) is 67.2 Å². The summed E-state index contributed by atoms with van der Waals surface area (Å²) in [6.45, 7) is 2.57. The Bertz CT molecular complexity index is 1120. The van der Waals surface area contributed by atoms with Gasteiger partial charge < -0.3 is 14.7 Å². The number of aliphatic imine (C=N–C) groups is 1. The third kappa shape index (κ3) is 4.54. The summed E-state index contributed by atoms with van der Waals surface area (Å²) in [4.78, 5) is 35.5. The molecule has 0 aromatic heterocycles. The number of amides is 2. The van der Waals surface area contributed by atoms with Gasteiger partial charge in [0.2, 0.25) is 5.91 Å². The van der Waals surface area contributed by atoms with Crippen LogP contribution in [0.4, 0.5) is 14.5 Å². The highest BCUT2D eigenvalue weighted by molar-refractivity contribution is 5.95. The first-order valence-corrected chi connectivity index (χ1v) is 11.9. The van der Waals surface area contributed by atoms with E-state index in [0.717, 1.165) is 31.4 Å². The second kappa shape index (κ2) is 9.52. The second-order valence-electron chi connectivity index (χ2n) is 9.26. The molecule has 2 aromatic carbocycles. The van der Waals surface area contributed by atoms with E-state index < -0.39 is 5.82 Å². The van der Waals surface area contributed by atoms with Crippen molar-refractivity contribution in [1.82, 2.24) is 9.80 Å². The largest absolute Gasteiger partial charge is 0.347 e. The number of nitrogens with zero attached hydrogens (tertiary/aromatic N) is 4. The minimum Gasteiger partial charge on any atom is -0.347 e. The third-order valence-corrected chi connectivity index (χ3v) is 7.05. The molecule has 2 heterocycles. The molecule has 1 aliphatic carbocycles. The van der Waals surface area contributed by atoms with Gasteiger partial charge in [0.25, 0.3) is 5.91 Å². The van der Waals surface area contributed by atoms with Crippen molar-refractivity contribution in [3.8, 4) is 0 Å². The molecule has 5 rings (SSSR count). The average molecular weight is 467 g/mol. The number of rotatable bonds is 4. The lowest BCUT2D eigenvalue weighted by Gasteiger charge is -2.36. The van der Waals surface area contributed by atoms with Crippen LogP contribution in [0.2, 0.25) is 0 Å². The number of hydrogen-bond donors (Lipinski definition) is 0. The van der Waals surface area contributed by atoms with Crippen molar-refractivity contribution in [2.24, 2.45) is 10.9 Å². The van der Waals surface area contributed by atoms with Crippen LogP contribution in [0.5, 0.6) is 0 Å². The standard InChI is InChI=1S/C26H28F2N4O2/c27-22-6-8-24-20(14-22)15-29-17-32(24)16-21-13-19(5-7-23(21)28)26(34)31-11-9-30(10-12-31)25(33)18-3-1-2-4-18/h5-8,13-15,18H,1-4,9-12,16-17H2. The molecule has 8 heteroatoms. The first-order chi connectivity index (χ1) is 16.5. The van der Waals surface area contributed by atoms with E-state index >= 15 is 0 Å². The molecule has 0 bridgehead atoms. The van der Waals surface area contributed by atoms with Crippen molar-refractivity contribution in [1.29, 1.82) is 0 Å². The smallest absolute Gasteiger partial charge is 0.253 e. The molecule has 1 saturated carbocycles. The lowest BCUT2D eigenvalue weighted by molar-refractivity contribution is -0.136. The van der Waals surface area contributed by atoms with E-state index in [1.807, 2.05) is 9.80 Å². The van der Waals surface area contributed by atoms with Crippen LogP contribution in [0.3, 0.4) is 0 Å². The number of benzene rings is 2. The molecule has 2 amide bonds. The van der Waals surface area contributed by atoms with Crippen LogP contribution >= 0.6 is 0 Å². The molecule has 6 nitrogen and oxygen atoms in total. The zero-order chi connectivity index (χ0) is 23.7. The molecular weight excluding hydrogens is 438 g/mol. The first kappa shape index (κ1) is 22.5. The molecule has 2 aliphatic heterocycles. The molecule has 0 unspecified atom stereocenters. The van der Waals surface area contributed by atoms with E-state index in [2.05, 4.69) is 4.99 Å². The summed E-state index contributed by atoms with van der Waals surface area (Å²) in [5.74, 6) is -0.549. The van der Waals surface area contributed by atoms with Gasteiger partial charge in [-0.2, -0.15) is 0 Å². The van der Waals surface area contributed by atoms with E-state index in [4.69, 9.17) is 0 Å². The van der Waals surface area contributed by atoms with Crippen molar-refractivity contribution in [3.63, 3.8) is 0 Å². The van der Waals surface area contributed by atoms with Crippen LogP contribution in [-0.2, 0) is 11.3 Å². The number of piperazine rings is 1. The van der Waals surface area contributed by atoms with Gasteiger partial charge in [-0.3, -0.25) is 14.6 Å². The maximum absolute atomic E-state index is 14.7. The molecule has 2 fully saturated rings. The maximum Gasteiger partial charge on any atom is 0.253 e. The lowest BCUT2D eigenvalue weighted by atomic mass is 10.1. The molecule has 0 radical (unpaired) electrons. The Labute approximate surface area is 197 Å². The predicted octanol–water partition coefficient (Wildman–Crippen LogP) is 3.84. The molecule has 178 valence electrons. The number of anilines is 1. The Hall–Kier alpha value is -3.29. The Morgan fingerprint density at radius 2 is 1.68 bits per heavy atom. The number of carbonyl (C=O) groups excluding carboxylic acids is 2. The molecule has 34 heavy (non-hydrogen) atoms. The monoisotopic (exact) mass is 466 g/mol. The molecule has 2 aromatic rings. The molecule has 3 aliphatic rings. The van der Waals surface area contributed by atoms with E-state index in [1.165, 1.54) is 24.3 Å². The average Bonchev–Trinajstić information content (AvgIpc) is 3.40. The van der Waals surface area contributed by atoms with Gasteiger partial charge in [-0.1, -0.05) is 12.8 Å². The number of halogens is 2. The fraction of sp³-hybridized carbons (Fsp3) is 0.423. The normalized spacial score (nSPS) is 18.4. The Balaban J connectivity index is 1.26. The quantitative estimate of drug-likeness (QED) is 0.688. The van der Waals surface area contributed by atoms with E-state index in [9.17, 15) is 18.4 Å². The van der Waals surface area contributed by atoms with Crippen LogP contribution in [0.15, 0.2) is 41.4 Å². The summed E-state index contributed by atoms with van der Waals surface area (Å²) in [5.41, 5.74) is 2.22. The van der Waals surface area contributed by atoms with Gasteiger partial charge in [0.15, 0.2) is 0 Å². The summed E-state index contributed by atoms with van der Waals surface area (Å²) >= 11 is 0. The van der Waals surface area contributed by atoms with E-state index in [0.29, 0.717) is 49.5 Å². The van der Waals surface area contributed by atoms with E-state index in [-0.39, 0.29) is 30.1 Å². The molecule has 0 atom stereocenters. The summed E-state index contributed by atoms with van der Waals surface area (Å²) in [6.07, 6.45) is 5.79. The number of carbonyl (C=O) groups is 2. The summed E-state index contributed by atoms with van der Waals surface area (Å²) in [5, 5.41) is 0. The van der Waals surface area contributed by atoms with Crippen LogP contribution < -0.4 is 4.90 Å². The van der Waals surface area contributed by atoms with Gasteiger partial charge in [0.1, 0.15) is 18.3 Å². The summed E-state index contributed by atoms with van der Waals surface area (Å²) < 4.78 is 28.2. The Morgan fingerprint density at radius 3 is 2.44 bits per heavy atom. The van der Waals surface area contributed by atoms with Gasteiger partial charge in [-0.25, -0.2) is 8.78 Å². The number of hydrogen-bond acceptors (Lipinski definition) is 4.